The van der Waals surface area contributed by atoms with E-state index in [4.69, 9.17) is 4.74 Å². The van der Waals surface area contributed by atoms with Gasteiger partial charge in [0.25, 0.3) is 0 Å². The summed E-state index contributed by atoms with van der Waals surface area (Å²) in [6, 6.07) is 10.6. The van der Waals surface area contributed by atoms with Crippen LogP contribution in [0.4, 0.5) is 0 Å². The van der Waals surface area contributed by atoms with Gasteiger partial charge in [-0.05, 0) is 44.1 Å². The lowest BCUT2D eigenvalue weighted by Gasteiger charge is -2.44. The molecule has 0 radical (unpaired) electrons. The third-order valence-electron chi connectivity index (χ3n) is 6.10. The van der Waals surface area contributed by atoms with Crippen molar-refractivity contribution in [3.8, 4) is 0 Å². The minimum atomic E-state index is -0.251. The van der Waals surface area contributed by atoms with Gasteiger partial charge in [0, 0.05) is 12.6 Å². The second-order valence-electron chi connectivity index (χ2n) is 7.70. The van der Waals surface area contributed by atoms with Crippen molar-refractivity contribution in [1.82, 2.24) is 5.32 Å². The molecule has 3 fully saturated rings. The summed E-state index contributed by atoms with van der Waals surface area (Å²) in [6.07, 6.45) is 10.1. The highest BCUT2D eigenvalue weighted by atomic mass is 16.5. The van der Waals surface area contributed by atoms with E-state index >= 15 is 0 Å². The molecule has 1 amide bonds. The largest absolute Gasteiger partial charge is 0.375 e. The standard InChI is InChI=1S/C20H27NO2/c22-18(20(12-13-20)16-7-3-1-4-8-16)21-17-9-14-23-19(15-17)10-5-2-6-11-19/h1,3-4,7-8,17H,2,5-6,9-15H2,(H,21,22). The van der Waals surface area contributed by atoms with Crippen LogP contribution in [0.15, 0.2) is 30.3 Å². The van der Waals surface area contributed by atoms with E-state index in [0.717, 1.165) is 32.3 Å². The fraction of sp³-hybridized carbons (Fsp3) is 0.650. The smallest absolute Gasteiger partial charge is 0.230 e. The van der Waals surface area contributed by atoms with Gasteiger partial charge in [-0.1, -0.05) is 49.6 Å². The van der Waals surface area contributed by atoms with Crippen LogP contribution < -0.4 is 5.32 Å². The number of nitrogens with one attached hydrogen (secondary N) is 1. The van der Waals surface area contributed by atoms with Crippen LogP contribution in [0.1, 0.15) is 63.4 Å². The molecule has 1 atom stereocenters. The second-order valence-corrected chi connectivity index (χ2v) is 7.70. The van der Waals surface area contributed by atoms with Gasteiger partial charge in [-0.25, -0.2) is 0 Å². The molecule has 3 aliphatic rings. The fourth-order valence-electron chi connectivity index (χ4n) is 4.55. The monoisotopic (exact) mass is 313 g/mol. The van der Waals surface area contributed by atoms with E-state index in [2.05, 4.69) is 17.4 Å². The number of hydrogen-bond donors (Lipinski definition) is 1. The highest BCUT2D eigenvalue weighted by molar-refractivity contribution is 5.91. The zero-order valence-electron chi connectivity index (χ0n) is 13.9. The maximum atomic E-state index is 12.9. The van der Waals surface area contributed by atoms with Crippen molar-refractivity contribution in [2.24, 2.45) is 0 Å². The highest BCUT2D eigenvalue weighted by Crippen LogP contribution is 2.48. The third kappa shape index (κ3) is 2.91. The first-order chi connectivity index (χ1) is 11.2. The van der Waals surface area contributed by atoms with Crippen LogP contribution >= 0.6 is 0 Å². The summed E-state index contributed by atoms with van der Waals surface area (Å²) in [5.74, 6) is 0.238. The van der Waals surface area contributed by atoms with Gasteiger partial charge in [-0.3, -0.25) is 4.79 Å². The lowest BCUT2D eigenvalue weighted by atomic mass is 9.78. The zero-order valence-corrected chi connectivity index (χ0v) is 13.9. The number of ether oxygens (including phenoxy) is 1. The Morgan fingerprint density at radius 1 is 1.04 bits per heavy atom. The maximum absolute atomic E-state index is 12.9. The molecule has 2 saturated carbocycles. The SMILES string of the molecule is O=C(NC1CCOC2(CCCCC2)C1)C1(c2ccccc2)CC1. The van der Waals surface area contributed by atoms with E-state index in [-0.39, 0.29) is 23.0 Å². The maximum Gasteiger partial charge on any atom is 0.230 e. The van der Waals surface area contributed by atoms with Crippen LogP contribution in [-0.4, -0.2) is 24.2 Å². The van der Waals surface area contributed by atoms with Crippen LogP contribution in [0.5, 0.6) is 0 Å². The Bertz CT molecular complexity index is 553. The predicted molar refractivity (Wildman–Crippen MR) is 90.3 cm³/mol. The molecule has 1 aromatic rings. The van der Waals surface area contributed by atoms with Crippen LogP contribution in [0.25, 0.3) is 0 Å². The number of amides is 1. The van der Waals surface area contributed by atoms with Gasteiger partial charge >= 0.3 is 0 Å². The Balaban J connectivity index is 1.43. The molecule has 3 heteroatoms. The molecule has 3 nitrogen and oxygen atoms in total. The van der Waals surface area contributed by atoms with Crippen LogP contribution in [0, 0.1) is 0 Å². The van der Waals surface area contributed by atoms with Crippen molar-refractivity contribution in [2.75, 3.05) is 6.61 Å². The second kappa shape index (κ2) is 5.94. The van der Waals surface area contributed by atoms with Gasteiger partial charge in [0.2, 0.25) is 5.91 Å². The molecule has 1 spiro atoms. The van der Waals surface area contributed by atoms with E-state index in [1.54, 1.807) is 0 Å². The summed E-state index contributed by atoms with van der Waals surface area (Å²) in [5.41, 5.74) is 0.980. The Labute approximate surface area is 138 Å². The summed E-state index contributed by atoms with van der Waals surface area (Å²) in [4.78, 5) is 12.9. The number of benzene rings is 1. The lowest BCUT2D eigenvalue weighted by Crippen LogP contribution is -2.51. The van der Waals surface area contributed by atoms with Crippen molar-refractivity contribution >= 4 is 5.91 Å². The van der Waals surface area contributed by atoms with Crippen molar-refractivity contribution < 1.29 is 9.53 Å². The molecule has 0 bridgehead atoms. The number of rotatable bonds is 3. The van der Waals surface area contributed by atoms with Crippen molar-refractivity contribution in [2.45, 2.75) is 74.8 Å². The average molecular weight is 313 g/mol. The minimum Gasteiger partial charge on any atom is -0.375 e. The summed E-state index contributed by atoms with van der Waals surface area (Å²) >= 11 is 0. The first-order valence-electron chi connectivity index (χ1n) is 9.23. The van der Waals surface area contributed by atoms with E-state index in [9.17, 15) is 4.79 Å². The van der Waals surface area contributed by atoms with Gasteiger partial charge in [-0.2, -0.15) is 0 Å². The Hall–Kier alpha value is -1.35. The highest BCUT2D eigenvalue weighted by Gasteiger charge is 2.52. The Morgan fingerprint density at radius 3 is 2.48 bits per heavy atom. The molecule has 124 valence electrons. The number of hydrogen-bond acceptors (Lipinski definition) is 2. The van der Waals surface area contributed by atoms with Gasteiger partial charge in [0.1, 0.15) is 0 Å². The Kier molecular flexibility index (Phi) is 3.92. The molecule has 1 aromatic carbocycles. The van der Waals surface area contributed by atoms with Crippen molar-refractivity contribution in [1.29, 1.82) is 0 Å². The molecule has 1 unspecified atom stereocenters. The van der Waals surface area contributed by atoms with Gasteiger partial charge in [0.15, 0.2) is 0 Å². The van der Waals surface area contributed by atoms with Gasteiger partial charge < -0.3 is 10.1 Å². The molecule has 0 aromatic heterocycles. The lowest BCUT2D eigenvalue weighted by molar-refractivity contribution is -0.130. The first-order valence-corrected chi connectivity index (χ1v) is 9.23. The topological polar surface area (TPSA) is 38.3 Å². The van der Waals surface area contributed by atoms with E-state index in [0.29, 0.717) is 0 Å². The molecule has 23 heavy (non-hydrogen) atoms. The molecule has 1 N–H and O–H groups in total. The van der Waals surface area contributed by atoms with E-state index in [1.807, 2.05) is 18.2 Å². The van der Waals surface area contributed by atoms with Gasteiger partial charge in [-0.15, -0.1) is 0 Å². The molecule has 1 aliphatic heterocycles. The molecular formula is C20H27NO2. The number of carbonyl (C=O) groups is 1. The van der Waals surface area contributed by atoms with Crippen LogP contribution in [-0.2, 0) is 14.9 Å². The minimum absolute atomic E-state index is 0.0535. The molecular weight excluding hydrogens is 286 g/mol. The summed E-state index contributed by atoms with van der Waals surface area (Å²) in [5, 5.41) is 3.37. The van der Waals surface area contributed by atoms with E-state index < -0.39 is 0 Å². The quantitative estimate of drug-likeness (QED) is 0.923. The number of carbonyl (C=O) groups excluding carboxylic acids is 1. The Morgan fingerprint density at radius 2 is 1.78 bits per heavy atom. The third-order valence-corrected chi connectivity index (χ3v) is 6.10. The normalized spacial score (nSPS) is 28.3. The summed E-state index contributed by atoms with van der Waals surface area (Å²) in [6.45, 7) is 0.795. The summed E-state index contributed by atoms with van der Waals surface area (Å²) < 4.78 is 6.15. The van der Waals surface area contributed by atoms with Crippen LogP contribution in [0.2, 0.25) is 0 Å². The van der Waals surface area contributed by atoms with Crippen molar-refractivity contribution in [3.63, 3.8) is 0 Å². The summed E-state index contributed by atoms with van der Waals surface area (Å²) in [7, 11) is 0. The molecule has 4 rings (SSSR count). The van der Waals surface area contributed by atoms with E-state index in [1.165, 1.54) is 37.7 Å². The zero-order chi connectivity index (χ0) is 15.8. The predicted octanol–water partition coefficient (Wildman–Crippen LogP) is 3.72. The molecule has 1 heterocycles. The fourth-order valence-corrected chi connectivity index (χ4v) is 4.55. The van der Waals surface area contributed by atoms with Crippen molar-refractivity contribution in [3.05, 3.63) is 35.9 Å². The van der Waals surface area contributed by atoms with Crippen LogP contribution in [0.3, 0.4) is 0 Å². The molecule has 1 saturated heterocycles. The van der Waals surface area contributed by atoms with Gasteiger partial charge in [0.05, 0.1) is 11.0 Å². The molecule has 2 aliphatic carbocycles. The first kappa shape index (κ1) is 15.2. The average Bonchev–Trinajstić information content (AvgIpc) is 3.38.